The molecule has 2 aliphatic rings. The average Bonchev–Trinajstić information content (AvgIpc) is 2.41. The van der Waals surface area contributed by atoms with E-state index in [2.05, 4.69) is 17.0 Å². The van der Waals surface area contributed by atoms with E-state index in [1.54, 1.807) is 0 Å². The molecule has 2 rings (SSSR count). The summed E-state index contributed by atoms with van der Waals surface area (Å²) in [4.78, 5) is 0. The average molecular weight is 302 g/mol. The molecular formula is C15H30N2O2S. The van der Waals surface area contributed by atoms with Crippen molar-refractivity contribution in [3.63, 3.8) is 0 Å². The minimum Gasteiger partial charge on any atom is -0.317 e. The lowest BCUT2D eigenvalue weighted by atomic mass is 9.84. The molecule has 4 nitrogen and oxygen atoms in total. The van der Waals surface area contributed by atoms with E-state index in [0.29, 0.717) is 11.7 Å². The molecule has 0 aromatic rings. The molecule has 1 heterocycles. The summed E-state index contributed by atoms with van der Waals surface area (Å²) in [5, 5.41) is 3.28. The molecule has 0 spiro atoms. The van der Waals surface area contributed by atoms with Crippen LogP contribution in [0, 0.1) is 11.8 Å². The van der Waals surface area contributed by atoms with Gasteiger partial charge in [-0.3, -0.25) is 0 Å². The molecule has 2 N–H and O–H groups in total. The summed E-state index contributed by atoms with van der Waals surface area (Å²) in [6.45, 7) is 4.15. The van der Waals surface area contributed by atoms with Crippen LogP contribution in [0.2, 0.25) is 0 Å². The van der Waals surface area contributed by atoms with Crippen LogP contribution < -0.4 is 10.0 Å². The van der Waals surface area contributed by atoms with E-state index in [0.717, 1.165) is 44.7 Å². The highest BCUT2D eigenvalue weighted by atomic mass is 32.2. The van der Waals surface area contributed by atoms with Gasteiger partial charge in [0.15, 0.2) is 0 Å². The Hall–Kier alpha value is -0.130. The van der Waals surface area contributed by atoms with Crippen molar-refractivity contribution in [3.05, 3.63) is 0 Å². The van der Waals surface area contributed by atoms with Gasteiger partial charge in [0, 0.05) is 6.04 Å². The highest BCUT2D eigenvalue weighted by Gasteiger charge is 2.26. The molecule has 0 aromatic heterocycles. The minimum absolute atomic E-state index is 0.190. The number of sulfonamides is 1. The fourth-order valence-corrected chi connectivity index (χ4v) is 5.43. The molecule has 0 bridgehead atoms. The van der Waals surface area contributed by atoms with Crippen LogP contribution in [0.15, 0.2) is 0 Å². The highest BCUT2D eigenvalue weighted by Crippen LogP contribution is 2.28. The standard InChI is InChI=1S/C15H30N2O2S/c1-2-3-13-4-6-15(7-5-13)17-20(18,19)12-14-8-10-16-11-9-14/h13-17H,2-12H2,1H3. The third kappa shape index (κ3) is 5.34. The van der Waals surface area contributed by atoms with E-state index >= 15 is 0 Å². The van der Waals surface area contributed by atoms with Crippen molar-refractivity contribution in [2.24, 2.45) is 11.8 Å². The van der Waals surface area contributed by atoms with E-state index < -0.39 is 10.0 Å². The summed E-state index contributed by atoms with van der Waals surface area (Å²) in [6, 6.07) is 0.190. The van der Waals surface area contributed by atoms with Crippen LogP contribution in [-0.4, -0.2) is 33.3 Å². The van der Waals surface area contributed by atoms with Crippen LogP contribution in [0.3, 0.4) is 0 Å². The van der Waals surface area contributed by atoms with Crippen LogP contribution in [0.5, 0.6) is 0 Å². The van der Waals surface area contributed by atoms with Gasteiger partial charge in [-0.2, -0.15) is 0 Å². The van der Waals surface area contributed by atoms with Crippen LogP contribution >= 0.6 is 0 Å². The SMILES string of the molecule is CCCC1CCC(NS(=O)(=O)CC2CCNCC2)CC1. The molecule has 0 atom stereocenters. The second-order valence-electron chi connectivity index (χ2n) is 6.60. The van der Waals surface area contributed by atoms with Gasteiger partial charge in [0.2, 0.25) is 10.0 Å². The Labute approximate surface area is 124 Å². The third-order valence-electron chi connectivity index (χ3n) is 4.80. The van der Waals surface area contributed by atoms with Gasteiger partial charge < -0.3 is 5.32 Å². The Bertz CT molecular complexity index is 369. The first kappa shape index (κ1) is 16.2. The first-order chi connectivity index (χ1) is 9.59. The van der Waals surface area contributed by atoms with E-state index in [-0.39, 0.29) is 6.04 Å². The Balaban J connectivity index is 1.74. The molecule has 118 valence electrons. The summed E-state index contributed by atoms with van der Waals surface area (Å²) in [5.41, 5.74) is 0. The van der Waals surface area contributed by atoms with Crippen LogP contribution in [-0.2, 0) is 10.0 Å². The van der Waals surface area contributed by atoms with Gasteiger partial charge in [0.05, 0.1) is 5.75 Å². The molecule has 0 unspecified atom stereocenters. The van der Waals surface area contributed by atoms with Gasteiger partial charge in [0.1, 0.15) is 0 Å². The van der Waals surface area contributed by atoms with E-state index in [4.69, 9.17) is 0 Å². The number of piperidine rings is 1. The van der Waals surface area contributed by atoms with Gasteiger partial charge in [-0.1, -0.05) is 19.8 Å². The predicted molar refractivity (Wildman–Crippen MR) is 83.2 cm³/mol. The van der Waals surface area contributed by atoms with Crippen LogP contribution in [0.4, 0.5) is 0 Å². The van der Waals surface area contributed by atoms with Crippen molar-refractivity contribution >= 4 is 10.0 Å². The van der Waals surface area contributed by atoms with Gasteiger partial charge >= 0.3 is 0 Å². The predicted octanol–water partition coefficient (Wildman–Crippen LogP) is 2.26. The minimum atomic E-state index is -3.09. The lowest BCUT2D eigenvalue weighted by Gasteiger charge is -2.29. The summed E-state index contributed by atoms with van der Waals surface area (Å²) in [5.74, 6) is 1.49. The molecule has 2 fully saturated rings. The number of rotatable bonds is 6. The van der Waals surface area contributed by atoms with E-state index in [1.165, 1.54) is 25.7 Å². The van der Waals surface area contributed by atoms with Crippen molar-refractivity contribution in [3.8, 4) is 0 Å². The molecular weight excluding hydrogens is 272 g/mol. The Morgan fingerprint density at radius 2 is 1.65 bits per heavy atom. The molecule has 1 saturated carbocycles. The first-order valence-corrected chi connectivity index (χ1v) is 9.95. The second kappa shape index (κ2) is 7.76. The quantitative estimate of drug-likeness (QED) is 0.791. The maximum atomic E-state index is 12.2. The van der Waals surface area contributed by atoms with Gasteiger partial charge in [-0.25, -0.2) is 13.1 Å². The highest BCUT2D eigenvalue weighted by molar-refractivity contribution is 7.89. The maximum Gasteiger partial charge on any atom is 0.212 e. The first-order valence-electron chi connectivity index (χ1n) is 8.30. The van der Waals surface area contributed by atoms with Gasteiger partial charge in [0.25, 0.3) is 0 Å². The zero-order valence-corrected chi connectivity index (χ0v) is 13.6. The molecule has 1 saturated heterocycles. The Kier molecular flexibility index (Phi) is 6.30. The van der Waals surface area contributed by atoms with Crippen molar-refractivity contribution in [1.82, 2.24) is 10.0 Å². The molecule has 1 aliphatic heterocycles. The Morgan fingerprint density at radius 3 is 2.25 bits per heavy atom. The summed E-state index contributed by atoms with van der Waals surface area (Å²) >= 11 is 0. The van der Waals surface area contributed by atoms with Gasteiger partial charge in [-0.05, 0) is 63.5 Å². The summed E-state index contributed by atoms with van der Waals surface area (Å²) in [6.07, 6.45) is 8.95. The smallest absolute Gasteiger partial charge is 0.212 e. The number of hydrogen-bond acceptors (Lipinski definition) is 3. The number of nitrogens with one attached hydrogen (secondary N) is 2. The zero-order valence-electron chi connectivity index (χ0n) is 12.7. The lowest BCUT2D eigenvalue weighted by molar-refractivity contribution is 0.296. The molecule has 1 aliphatic carbocycles. The van der Waals surface area contributed by atoms with Crippen molar-refractivity contribution < 1.29 is 8.42 Å². The van der Waals surface area contributed by atoms with Gasteiger partial charge in [-0.15, -0.1) is 0 Å². The maximum absolute atomic E-state index is 12.2. The van der Waals surface area contributed by atoms with Crippen LogP contribution in [0.1, 0.15) is 58.3 Å². The van der Waals surface area contributed by atoms with Crippen molar-refractivity contribution in [1.29, 1.82) is 0 Å². The lowest BCUT2D eigenvalue weighted by Crippen LogP contribution is -2.41. The third-order valence-corrected chi connectivity index (χ3v) is 6.41. The largest absolute Gasteiger partial charge is 0.317 e. The van der Waals surface area contributed by atoms with Crippen LogP contribution in [0.25, 0.3) is 0 Å². The molecule has 0 amide bonds. The molecule has 20 heavy (non-hydrogen) atoms. The fourth-order valence-electron chi connectivity index (χ4n) is 3.64. The second-order valence-corrected chi connectivity index (χ2v) is 8.40. The van der Waals surface area contributed by atoms with E-state index in [9.17, 15) is 8.42 Å². The Morgan fingerprint density at radius 1 is 1.00 bits per heavy atom. The van der Waals surface area contributed by atoms with E-state index in [1.807, 2.05) is 0 Å². The summed E-state index contributed by atoms with van der Waals surface area (Å²) in [7, 11) is -3.09. The topological polar surface area (TPSA) is 58.2 Å². The monoisotopic (exact) mass is 302 g/mol. The molecule has 0 aromatic carbocycles. The molecule has 5 heteroatoms. The normalized spacial score (nSPS) is 29.4. The molecule has 0 radical (unpaired) electrons. The zero-order chi connectivity index (χ0) is 14.4. The van der Waals surface area contributed by atoms with Crippen molar-refractivity contribution in [2.75, 3.05) is 18.8 Å². The fraction of sp³-hybridized carbons (Fsp3) is 1.00. The van der Waals surface area contributed by atoms with Crippen molar-refractivity contribution in [2.45, 2.75) is 64.3 Å². The summed E-state index contributed by atoms with van der Waals surface area (Å²) < 4.78 is 27.4. The number of hydrogen-bond donors (Lipinski definition) is 2.